The number of carbonyl (C=O) groups excluding carboxylic acids is 1. The predicted octanol–water partition coefficient (Wildman–Crippen LogP) is 1.23. The molecule has 1 aliphatic heterocycles. The summed E-state index contributed by atoms with van der Waals surface area (Å²) in [7, 11) is 1.93. The van der Waals surface area contributed by atoms with E-state index in [0.717, 1.165) is 6.54 Å². The quantitative estimate of drug-likeness (QED) is 0.707. The van der Waals surface area contributed by atoms with Crippen molar-refractivity contribution in [3.8, 4) is 6.07 Å². The van der Waals surface area contributed by atoms with Crippen molar-refractivity contribution in [1.29, 1.82) is 5.26 Å². The van der Waals surface area contributed by atoms with Crippen LogP contribution in [-0.4, -0.2) is 46.9 Å². The third-order valence-corrected chi connectivity index (χ3v) is 3.46. The van der Waals surface area contributed by atoms with Gasteiger partial charge in [-0.15, -0.1) is 0 Å². The van der Waals surface area contributed by atoms with Crippen molar-refractivity contribution in [1.82, 2.24) is 9.80 Å². The average molecular weight is 223 g/mol. The second-order valence-corrected chi connectivity index (χ2v) is 5.36. The van der Waals surface area contributed by atoms with E-state index in [4.69, 9.17) is 5.26 Å². The highest BCUT2D eigenvalue weighted by Crippen LogP contribution is 2.27. The Morgan fingerprint density at radius 3 is 2.56 bits per heavy atom. The molecule has 0 aliphatic carbocycles. The van der Waals surface area contributed by atoms with Gasteiger partial charge in [0, 0.05) is 18.1 Å². The summed E-state index contributed by atoms with van der Waals surface area (Å²) < 4.78 is 0. The van der Waals surface area contributed by atoms with Crippen LogP contribution in [0.5, 0.6) is 0 Å². The van der Waals surface area contributed by atoms with E-state index in [1.165, 1.54) is 0 Å². The third-order valence-electron chi connectivity index (χ3n) is 3.46. The van der Waals surface area contributed by atoms with Crippen molar-refractivity contribution in [2.45, 2.75) is 51.7 Å². The fourth-order valence-electron chi connectivity index (χ4n) is 2.13. The van der Waals surface area contributed by atoms with Gasteiger partial charge >= 0.3 is 0 Å². The topological polar surface area (TPSA) is 47.3 Å². The number of hydrogen-bond acceptors (Lipinski definition) is 3. The van der Waals surface area contributed by atoms with Crippen molar-refractivity contribution in [3.05, 3.63) is 0 Å². The van der Waals surface area contributed by atoms with Crippen molar-refractivity contribution < 1.29 is 4.79 Å². The monoisotopic (exact) mass is 223 g/mol. The molecule has 0 saturated carbocycles. The first-order valence-electron chi connectivity index (χ1n) is 5.71. The summed E-state index contributed by atoms with van der Waals surface area (Å²) in [6.07, 6.45) is 0.266. The van der Waals surface area contributed by atoms with Crippen molar-refractivity contribution in [2.75, 3.05) is 13.6 Å². The molecule has 1 saturated heterocycles. The lowest BCUT2D eigenvalue weighted by Crippen LogP contribution is -2.66. The van der Waals surface area contributed by atoms with Gasteiger partial charge in [-0.05, 0) is 34.7 Å². The number of rotatable bonds is 2. The van der Waals surface area contributed by atoms with Gasteiger partial charge in [-0.2, -0.15) is 5.26 Å². The Morgan fingerprint density at radius 2 is 2.12 bits per heavy atom. The number of amides is 1. The molecule has 0 aromatic carbocycles. The normalized spacial score (nSPS) is 25.9. The molecular weight excluding hydrogens is 202 g/mol. The van der Waals surface area contributed by atoms with Crippen LogP contribution < -0.4 is 0 Å². The van der Waals surface area contributed by atoms with Crippen LogP contribution in [0.1, 0.15) is 34.1 Å². The first kappa shape index (κ1) is 13.0. The molecule has 1 unspecified atom stereocenters. The van der Waals surface area contributed by atoms with Crippen LogP contribution in [0.3, 0.4) is 0 Å². The van der Waals surface area contributed by atoms with Crippen molar-refractivity contribution >= 4 is 5.91 Å². The molecule has 1 rings (SSSR count). The largest absolute Gasteiger partial charge is 0.337 e. The smallest absolute Gasteiger partial charge is 0.241 e. The van der Waals surface area contributed by atoms with Crippen LogP contribution in [-0.2, 0) is 4.79 Å². The standard InChI is InChI=1S/C12H21N3O/c1-9(2)15-8-12(3,4)14(5)10(6-7-13)11(15)16/h9-10H,6,8H2,1-5H3. The Morgan fingerprint density at radius 1 is 1.56 bits per heavy atom. The highest BCUT2D eigenvalue weighted by atomic mass is 16.2. The summed E-state index contributed by atoms with van der Waals surface area (Å²) in [4.78, 5) is 16.1. The van der Waals surface area contributed by atoms with Gasteiger partial charge in [-0.25, -0.2) is 0 Å². The minimum absolute atomic E-state index is 0.0697. The lowest BCUT2D eigenvalue weighted by Gasteiger charge is -2.50. The Labute approximate surface area is 97.8 Å². The zero-order valence-electron chi connectivity index (χ0n) is 10.8. The SMILES string of the molecule is CC(C)N1CC(C)(C)N(C)C(CC#N)C1=O. The van der Waals surface area contributed by atoms with Gasteiger partial charge < -0.3 is 4.90 Å². The Bertz CT molecular complexity index is 317. The van der Waals surface area contributed by atoms with E-state index in [9.17, 15) is 4.79 Å². The van der Waals surface area contributed by atoms with Gasteiger partial charge in [-0.3, -0.25) is 9.69 Å². The molecule has 90 valence electrons. The highest BCUT2D eigenvalue weighted by molar-refractivity contribution is 5.83. The second-order valence-electron chi connectivity index (χ2n) is 5.36. The number of piperazine rings is 1. The van der Waals surface area contributed by atoms with Crippen molar-refractivity contribution in [2.24, 2.45) is 0 Å². The van der Waals surface area contributed by atoms with E-state index in [0.29, 0.717) is 0 Å². The molecule has 4 heteroatoms. The molecule has 1 aliphatic rings. The maximum atomic E-state index is 12.2. The molecule has 0 bridgehead atoms. The second kappa shape index (κ2) is 4.42. The molecule has 0 spiro atoms. The van der Waals surface area contributed by atoms with E-state index in [1.807, 2.05) is 30.7 Å². The predicted molar refractivity (Wildman–Crippen MR) is 62.7 cm³/mol. The summed E-state index contributed by atoms with van der Waals surface area (Å²) in [5, 5.41) is 8.80. The lowest BCUT2D eigenvalue weighted by atomic mass is 9.93. The maximum absolute atomic E-state index is 12.2. The summed E-state index contributed by atoms with van der Waals surface area (Å²) in [6, 6.07) is 2.01. The van der Waals surface area contributed by atoms with Gasteiger partial charge in [0.05, 0.1) is 12.5 Å². The minimum atomic E-state index is -0.295. The van der Waals surface area contributed by atoms with Crippen LogP contribution in [0, 0.1) is 11.3 Å². The molecule has 0 aromatic heterocycles. The number of likely N-dealkylation sites (N-methyl/N-ethyl adjacent to an activating group) is 1. The number of nitrogens with zero attached hydrogens (tertiary/aromatic N) is 3. The zero-order chi connectivity index (χ0) is 12.5. The minimum Gasteiger partial charge on any atom is -0.337 e. The first-order valence-corrected chi connectivity index (χ1v) is 5.71. The van der Waals surface area contributed by atoms with Crippen LogP contribution in [0.25, 0.3) is 0 Å². The molecule has 0 aromatic rings. The van der Waals surface area contributed by atoms with Gasteiger partial charge in [0.15, 0.2) is 0 Å². The molecule has 16 heavy (non-hydrogen) atoms. The summed E-state index contributed by atoms with van der Waals surface area (Å²) in [5.41, 5.74) is -0.0697. The summed E-state index contributed by atoms with van der Waals surface area (Å²) in [5.74, 6) is 0.0818. The van der Waals surface area contributed by atoms with Gasteiger partial charge in [0.1, 0.15) is 6.04 Å². The molecule has 1 fully saturated rings. The Balaban J connectivity index is 2.99. The molecule has 0 radical (unpaired) electrons. The van der Waals surface area contributed by atoms with E-state index < -0.39 is 0 Å². The number of nitriles is 1. The van der Waals surface area contributed by atoms with Crippen LogP contribution in [0.4, 0.5) is 0 Å². The molecule has 0 N–H and O–H groups in total. The number of carbonyl (C=O) groups is 1. The third kappa shape index (κ3) is 2.19. The van der Waals surface area contributed by atoms with Crippen LogP contribution >= 0.6 is 0 Å². The Kier molecular flexibility index (Phi) is 3.59. The van der Waals surface area contributed by atoms with Gasteiger partial charge in [-0.1, -0.05) is 0 Å². The fraction of sp³-hybridized carbons (Fsp3) is 0.833. The van der Waals surface area contributed by atoms with Crippen LogP contribution in [0.15, 0.2) is 0 Å². The highest BCUT2D eigenvalue weighted by Gasteiger charge is 2.43. The molecule has 1 atom stereocenters. The average Bonchev–Trinajstić information content (AvgIpc) is 2.18. The summed E-state index contributed by atoms with van der Waals surface area (Å²) >= 11 is 0. The van der Waals surface area contributed by atoms with Gasteiger partial charge in [0.2, 0.25) is 5.91 Å². The van der Waals surface area contributed by atoms with Crippen molar-refractivity contribution in [3.63, 3.8) is 0 Å². The fourth-order valence-corrected chi connectivity index (χ4v) is 2.13. The van der Waals surface area contributed by atoms with E-state index in [1.54, 1.807) is 0 Å². The van der Waals surface area contributed by atoms with Gasteiger partial charge in [0.25, 0.3) is 0 Å². The van der Waals surface area contributed by atoms with E-state index in [-0.39, 0.29) is 30.0 Å². The molecule has 1 heterocycles. The molecule has 4 nitrogen and oxygen atoms in total. The van der Waals surface area contributed by atoms with Crippen LogP contribution in [0.2, 0.25) is 0 Å². The lowest BCUT2D eigenvalue weighted by molar-refractivity contribution is -0.150. The first-order chi connectivity index (χ1) is 7.31. The summed E-state index contributed by atoms with van der Waals surface area (Å²) in [6.45, 7) is 8.98. The van der Waals surface area contributed by atoms with E-state index in [2.05, 4.69) is 19.9 Å². The zero-order valence-corrected chi connectivity index (χ0v) is 10.8. The van der Waals surface area contributed by atoms with E-state index >= 15 is 0 Å². The molecular formula is C12H21N3O. The Hall–Kier alpha value is -1.08. The maximum Gasteiger partial charge on any atom is 0.241 e. The number of hydrogen-bond donors (Lipinski definition) is 0. The molecule has 1 amide bonds.